The largest absolute Gasteiger partial charge is 2.00 e. The van der Waals surface area contributed by atoms with Crippen LogP contribution in [0, 0.1) is 7.11 Å². The van der Waals surface area contributed by atoms with Crippen molar-refractivity contribution in [3.63, 3.8) is 0 Å². The van der Waals surface area contributed by atoms with Crippen molar-refractivity contribution in [1.29, 1.82) is 0 Å². The van der Waals surface area contributed by atoms with Crippen LogP contribution in [0.1, 0.15) is 18.1 Å². The zero-order valence-electron chi connectivity index (χ0n) is 11.0. The molecule has 0 radical (unpaired) electrons. The van der Waals surface area contributed by atoms with Crippen molar-refractivity contribution in [2.24, 2.45) is 0 Å². The molecular formula is C16H17O2W+. The summed E-state index contributed by atoms with van der Waals surface area (Å²) in [7, 11) is 3.38. The minimum atomic E-state index is 0. The zero-order valence-corrected chi connectivity index (χ0v) is 13.9. The van der Waals surface area contributed by atoms with Gasteiger partial charge in [0.1, 0.15) is 5.75 Å². The van der Waals surface area contributed by atoms with Crippen molar-refractivity contribution in [1.82, 2.24) is 0 Å². The second-order valence-corrected chi connectivity index (χ2v) is 4.04. The van der Waals surface area contributed by atoms with E-state index in [1.165, 1.54) is 11.1 Å². The third kappa shape index (κ3) is 4.72. The molecular weight excluding hydrogens is 408 g/mol. The van der Waals surface area contributed by atoms with E-state index >= 15 is 0 Å². The third-order valence-corrected chi connectivity index (χ3v) is 2.73. The van der Waals surface area contributed by atoms with Gasteiger partial charge in [-0.1, -0.05) is 24.3 Å². The minimum Gasteiger partial charge on any atom is -0.665 e. The Labute approximate surface area is 129 Å². The van der Waals surface area contributed by atoms with Crippen molar-refractivity contribution in [2.45, 2.75) is 13.3 Å². The first-order valence-electron chi connectivity index (χ1n) is 6.04. The van der Waals surface area contributed by atoms with Gasteiger partial charge in [0.2, 0.25) is 0 Å². The molecule has 0 unspecified atom stereocenters. The molecule has 0 aliphatic rings. The maximum absolute atomic E-state index is 5.42. The Bertz CT molecular complexity index is 477. The molecule has 2 rings (SSSR count). The summed E-state index contributed by atoms with van der Waals surface area (Å²) >= 11 is 0. The van der Waals surface area contributed by atoms with Crippen LogP contribution in [0.15, 0.2) is 48.5 Å². The monoisotopic (exact) mass is 425 g/mol. The molecule has 0 amide bonds. The average Bonchev–Trinajstić information content (AvgIpc) is 2.42. The van der Waals surface area contributed by atoms with Gasteiger partial charge in [-0.2, -0.15) is 7.11 Å². The van der Waals surface area contributed by atoms with E-state index < -0.39 is 0 Å². The van der Waals surface area contributed by atoms with Crippen LogP contribution >= 0.6 is 0 Å². The van der Waals surface area contributed by atoms with Crippen LogP contribution in [0.2, 0.25) is 0 Å². The minimum absolute atomic E-state index is 0. The molecule has 0 spiro atoms. The summed E-state index contributed by atoms with van der Waals surface area (Å²) in [6, 6.07) is 16.2. The number of rotatable bonds is 5. The van der Waals surface area contributed by atoms with Crippen molar-refractivity contribution in [2.75, 3.05) is 6.61 Å². The molecule has 0 aliphatic heterocycles. The van der Waals surface area contributed by atoms with Gasteiger partial charge in [-0.05, 0) is 48.7 Å². The van der Waals surface area contributed by atoms with E-state index in [2.05, 4.69) is 31.4 Å². The Balaban J connectivity index is 0.00000180. The Kier molecular flexibility index (Phi) is 6.66. The average molecular weight is 425 g/mol. The molecule has 0 aromatic heterocycles. The van der Waals surface area contributed by atoms with E-state index in [-0.39, 0.29) is 21.1 Å². The molecule has 2 nitrogen and oxygen atoms in total. The molecule has 0 N–H and O–H groups in total. The molecule has 0 aliphatic carbocycles. The predicted molar refractivity (Wildman–Crippen MR) is 72.8 cm³/mol. The van der Waals surface area contributed by atoms with Gasteiger partial charge in [0.25, 0.3) is 0 Å². The molecule has 0 saturated carbocycles. The Hall–Kier alpha value is -1.27. The summed E-state index contributed by atoms with van der Waals surface area (Å²) in [5.74, 6) is 1.70. The van der Waals surface area contributed by atoms with E-state index in [9.17, 15) is 0 Å². The SMILES string of the molecule is [CH2-]Oc1ccc(Cc2ccc(OCC)cc2)cc1.[W+2]. The number of ether oxygens (including phenoxy) is 2. The zero-order chi connectivity index (χ0) is 12.8. The van der Waals surface area contributed by atoms with Gasteiger partial charge in [0, 0.05) is 0 Å². The number of benzene rings is 2. The maximum Gasteiger partial charge on any atom is 2.00 e. The van der Waals surface area contributed by atoms with Crippen LogP contribution in [0.3, 0.4) is 0 Å². The molecule has 0 heterocycles. The van der Waals surface area contributed by atoms with Gasteiger partial charge in [-0.25, -0.2) is 0 Å². The summed E-state index contributed by atoms with van der Waals surface area (Å²) in [5.41, 5.74) is 2.52. The molecule has 3 heteroatoms. The first-order chi connectivity index (χ1) is 8.81. The molecule has 2 aromatic carbocycles. The molecule has 0 saturated heterocycles. The topological polar surface area (TPSA) is 18.5 Å². The molecule has 98 valence electrons. The first kappa shape index (κ1) is 15.8. The fourth-order valence-electron chi connectivity index (χ4n) is 1.81. The fourth-order valence-corrected chi connectivity index (χ4v) is 1.81. The van der Waals surface area contributed by atoms with Crippen LogP contribution in [0.4, 0.5) is 0 Å². The standard InChI is InChI=1S/C16H17O2.W/c1-3-18-16-10-6-14(7-11-16)12-13-4-8-15(17-2)9-5-13;/h4-11H,2-3,12H2,1H3;/q-1;+2. The van der Waals surface area contributed by atoms with Crippen molar-refractivity contribution < 1.29 is 30.5 Å². The Morgan fingerprint density at radius 1 is 0.842 bits per heavy atom. The summed E-state index contributed by atoms with van der Waals surface area (Å²) in [6.07, 6.45) is 0.907. The summed E-state index contributed by atoms with van der Waals surface area (Å²) in [6.45, 7) is 2.69. The van der Waals surface area contributed by atoms with Gasteiger partial charge in [0.05, 0.1) is 12.4 Å². The van der Waals surface area contributed by atoms with Crippen LogP contribution in [0.25, 0.3) is 0 Å². The fraction of sp³-hybridized carbons (Fsp3) is 0.188. The van der Waals surface area contributed by atoms with E-state index in [0.717, 1.165) is 17.9 Å². The van der Waals surface area contributed by atoms with Gasteiger partial charge >= 0.3 is 21.1 Å². The predicted octanol–water partition coefficient (Wildman–Crippen LogP) is 3.84. The summed E-state index contributed by atoms with van der Waals surface area (Å²) in [5, 5.41) is 0. The summed E-state index contributed by atoms with van der Waals surface area (Å²) in [4.78, 5) is 0. The van der Waals surface area contributed by atoms with E-state index in [1.807, 2.05) is 31.2 Å². The van der Waals surface area contributed by atoms with Crippen molar-refractivity contribution in [3.05, 3.63) is 66.8 Å². The molecule has 19 heavy (non-hydrogen) atoms. The molecule has 2 aromatic rings. The van der Waals surface area contributed by atoms with Crippen LogP contribution in [0.5, 0.6) is 11.5 Å². The molecule has 0 atom stereocenters. The quantitative estimate of drug-likeness (QED) is 0.678. The van der Waals surface area contributed by atoms with Gasteiger partial charge in [-0.15, -0.1) is 0 Å². The first-order valence-corrected chi connectivity index (χ1v) is 6.04. The number of hydrogen-bond acceptors (Lipinski definition) is 2. The normalized spacial score (nSPS) is 9.58. The number of hydrogen-bond donors (Lipinski definition) is 0. The second kappa shape index (κ2) is 8.01. The van der Waals surface area contributed by atoms with Crippen LogP contribution in [-0.4, -0.2) is 6.61 Å². The van der Waals surface area contributed by atoms with Crippen molar-refractivity contribution >= 4 is 0 Å². The Morgan fingerprint density at radius 2 is 1.32 bits per heavy atom. The van der Waals surface area contributed by atoms with Crippen LogP contribution in [-0.2, 0) is 27.5 Å². The van der Waals surface area contributed by atoms with E-state index in [4.69, 9.17) is 9.47 Å². The second-order valence-electron chi connectivity index (χ2n) is 4.04. The van der Waals surface area contributed by atoms with Crippen LogP contribution < -0.4 is 9.47 Å². The van der Waals surface area contributed by atoms with Gasteiger partial charge in [-0.3, -0.25) is 0 Å². The molecule has 0 bridgehead atoms. The van der Waals surface area contributed by atoms with E-state index in [0.29, 0.717) is 6.61 Å². The van der Waals surface area contributed by atoms with Gasteiger partial charge < -0.3 is 9.47 Å². The van der Waals surface area contributed by atoms with Crippen molar-refractivity contribution in [3.8, 4) is 11.5 Å². The third-order valence-electron chi connectivity index (χ3n) is 2.73. The summed E-state index contributed by atoms with van der Waals surface area (Å²) < 4.78 is 10.3. The maximum atomic E-state index is 5.42. The smallest absolute Gasteiger partial charge is 0.665 e. The Morgan fingerprint density at radius 3 is 1.74 bits per heavy atom. The molecule has 0 fully saturated rings. The van der Waals surface area contributed by atoms with Gasteiger partial charge in [0.15, 0.2) is 0 Å². The van der Waals surface area contributed by atoms with E-state index in [1.54, 1.807) is 0 Å².